The second kappa shape index (κ2) is 11.3. The summed E-state index contributed by atoms with van der Waals surface area (Å²) in [6.45, 7) is 4.68. The van der Waals surface area contributed by atoms with Crippen LogP contribution in [0.2, 0.25) is 0 Å². The van der Waals surface area contributed by atoms with Crippen molar-refractivity contribution in [3.63, 3.8) is 0 Å². The van der Waals surface area contributed by atoms with Crippen LogP contribution in [-0.4, -0.2) is 81.7 Å². The number of morpholine rings is 1. The van der Waals surface area contributed by atoms with E-state index in [0.717, 1.165) is 25.1 Å². The van der Waals surface area contributed by atoms with Crippen LogP contribution in [0, 0.1) is 5.82 Å². The molecule has 2 aliphatic heterocycles. The molecule has 2 aliphatic rings. The molecule has 0 radical (unpaired) electrons. The topological polar surface area (TPSA) is 121 Å². The van der Waals surface area contributed by atoms with Gasteiger partial charge in [0.05, 0.1) is 37.3 Å². The van der Waals surface area contributed by atoms with Crippen LogP contribution in [0.1, 0.15) is 35.1 Å². The summed E-state index contributed by atoms with van der Waals surface area (Å²) in [7, 11) is 0. The molecule has 2 fully saturated rings. The van der Waals surface area contributed by atoms with Gasteiger partial charge in [0.2, 0.25) is 5.95 Å². The fourth-order valence-corrected chi connectivity index (χ4v) is 4.45. The second-order valence-electron chi connectivity index (χ2n) is 8.58. The molecule has 0 spiro atoms. The first-order valence-corrected chi connectivity index (χ1v) is 12.0. The highest BCUT2D eigenvalue weighted by atomic mass is 19.1. The van der Waals surface area contributed by atoms with Crippen molar-refractivity contribution in [2.75, 3.05) is 61.5 Å². The van der Waals surface area contributed by atoms with Crippen LogP contribution in [0.25, 0.3) is 0 Å². The summed E-state index contributed by atoms with van der Waals surface area (Å²) in [5.74, 6) is 0.259. The number of likely N-dealkylation sites (tertiary alicyclic amines) is 1. The van der Waals surface area contributed by atoms with Crippen LogP contribution in [0.5, 0.6) is 0 Å². The summed E-state index contributed by atoms with van der Waals surface area (Å²) in [4.78, 5) is 38.1. The molecule has 0 saturated carbocycles. The molecular weight excluding hydrogens is 465 g/mol. The molecule has 3 aromatic heterocycles. The number of amides is 1. The number of anilines is 3. The van der Waals surface area contributed by atoms with Crippen molar-refractivity contribution in [1.82, 2.24) is 29.8 Å². The molecule has 0 bridgehead atoms. The summed E-state index contributed by atoms with van der Waals surface area (Å²) >= 11 is 0. The molecule has 1 unspecified atom stereocenters. The first-order chi connectivity index (χ1) is 17.7. The summed E-state index contributed by atoms with van der Waals surface area (Å²) in [6, 6.07) is 5.54. The van der Waals surface area contributed by atoms with E-state index in [9.17, 15) is 9.18 Å². The normalized spacial score (nSPS) is 18.2. The Hall–Kier alpha value is -3.77. The number of rotatable bonds is 8. The third kappa shape index (κ3) is 5.71. The minimum Gasteiger partial charge on any atom is -0.378 e. The van der Waals surface area contributed by atoms with Gasteiger partial charge in [0.1, 0.15) is 5.69 Å². The molecule has 1 amide bonds. The Morgan fingerprint density at radius 3 is 2.83 bits per heavy atom. The van der Waals surface area contributed by atoms with E-state index in [1.807, 2.05) is 17.0 Å². The number of carbonyl (C=O) groups is 1. The number of ether oxygens (including phenoxy) is 1. The first-order valence-electron chi connectivity index (χ1n) is 12.0. The van der Waals surface area contributed by atoms with Gasteiger partial charge in [-0.15, -0.1) is 0 Å². The maximum atomic E-state index is 14.4. The van der Waals surface area contributed by atoms with Gasteiger partial charge in [-0.25, -0.2) is 19.3 Å². The Morgan fingerprint density at radius 2 is 2.00 bits per heavy atom. The van der Waals surface area contributed by atoms with Crippen LogP contribution in [0.4, 0.5) is 22.0 Å². The third-order valence-corrected chi connectivity index (χ3v) is 6.23. The van der Waals surface area contributed by atoms with Crippen molar-refractivity contribution in [2.24, 2.45) is 0 Å². The maximum absolute atomic E-state index is 14.4. The Labute approximate surface area is 208 Å². The largest absolute Gasteiger partial charge is 0.378 e. The van der Waals surface area contributed by atoms with Gasteiger partial charge in [-0.05, 0) is 31.5 Å². The summed E-state index contributed by atoms with van der Waals surface area (Å²) in [6.07, 6.45) is 7.70. The van der Waals surface area contributed by atoms with E-state index in [4.69, 9.17) is 4.74 Å². The standard InChI is InChI=1S/C24H28FN9O2/c25-17-15-29-24(34-11-13-36-14-12-34)32-22(17)28-8-10-33-9-2-5-20(33)18-3-1-4-19(30-18)23(35)31-21-16-26-6-7-27-21/h1,3-4,6-7,15-16,20H,2,5,8-14H2,(H,27,31,35)(H,28,29,32). The molecule has 1 atom stereocenters. The van der Waals surface area contributed by atoms with Crippen molar-refractivity contribution in [2.45, 2.75) is 18.9 Å². The van der Waals surface area contributed by atoms with Crippen molar-refractivity contribution in [3.8, 4) is 0 Å². The molecule has 2 N–H and O–H groups in total. The number of nitrogens with zero attached hydrogens (tertiary/aromatic N) is 7. The Morgan fingerprint density at radius 1 is 1.11 bits per heavy atom. The zero-order chi connectivity index (χ0) is 24.7. The van der Waals surface area contributed by atoms with Crippen LogP contribution in [-0.2, 0) is 4.74 Å². The lowest BCUT2D eigenvalue weighted by Gasteiger charge is -2.27. The quantitative estimate of drug-likeness (QED) is 0.483. The van der Waals surface area contributed by atoms with E-state index in [1.54, 1.807) is 12.3 Å². The molecular formula is C24H28FN9O2. The van der Waals surface area contributed by atoms with Gasteiger partial charge >= 0.3 is 0 Å². The van der Waals surface area contributed by atoms with E-state index in [-0.39, 0.29) is 17.8 Å². The van der Waals surface area contributed by atoms with Gasteiger partial charge in [-0.1, -0.05) is 6.07 Å². The highest BCUT2D eigenvalue weighted by Gasteiger charge is 2.27. The number of nitrogens with one attached hydrogen (secondary N) is 2. The average Bonchev–Trinajstić information content (AvgIpc) is 3.39. The molecule has 5 rings (SSSR count). The Bertz CT molecular complexity index is 1180. The minimum absolute atomic E-state index is 0.0789. The second-order valence-corrected chi connectivity index (χ2v) is 8.58. The van der Waals surface area contributed by atoms with Gasteiger partial charge < -0.3 is 20.3 Å². The van der Waals surface area contributed by atoms with Crippen LogP contribution in [0.15, 0.2) is 43.0 Å². The van der Waals surface area contributed by atoms with Gasteiger partial charge in [0, 0.05) is 38.6 Å². The number of halogens is 1. The van der Waals surface area contributed by atoms with Crippen LogP contribution >= 0.6 is 0 Å². The monoisotopic (exact) mass is 493 g/mol. The number of hydrogen-bond donors (Lipinski definition) is 2. The summed E-state index contributed by atoms with van der Waals surface area (Å²) in [5, 5.41) is 5.84. The Kier molecular flexibility index (Phi) is 7.52. The lowest BCUT2D eigenvalue weighted by molar-refractivity contribution is 0.102. The average molecular weight is 494 g/mol. The summed E-state index contributed by atoms with van der Waals surface area (Å²) in [5.41, 5.74) is 1.16. The first kappa shape index (κ1) is 23.9. The van der Waals surface area contributed by atoms with Crippen molar-refractivity contribution in [3.05, 3.63) is 60.2 Å². The molecule has 0 aromatic carbocycles. The molecule has 5 heterocycles. The smallest absolute Gasteiger partial charge is 0.275 e. The highest BCUT2D eigenvalue weighted by molar-refractivity contribution is 6.02. The fourth-order valence-electron chi connectivity index (χ4n) is 4.45. The molecule has 0 aliphatic carbocycles. The molecule has 188 valence electrons. The zero-order valence-electron chi connectivity index (χ0n) is 19.8. The molecule has 36 heavy (non-hydrogen) atoms. The number of aromatic nitrogens is 5. The number of hydrogen-bond acceptors (Lipinski definition) is 10. The highest BCUT2D eigenvalue weighted by Crippen LogP contribution is 2.30. The minimum atomic E-state index is -0.478. The van der Waals surface area contributed by atoms with Gasteiger partial charge in [-0.2, -0.15) is 4.98 Å². The molecule has 2 saturated heterocycles. The Balaban J connectivity index is 1.20. The predicted octanol–water partition coefficient (Wildman–Crippen LogP) is 2.14. The molecule has 11 nitrogen and oxygen atoms in total. The van der Waals surface area contributed by atoms with Crippen molar-refractivity contribution < 1.29 is 13.9 Å². The zero-order valence-corrected chi connectivity index (χ0v) is 19.8. The van der Waals surface area contributed by atoms with Gasteiger partial charge in [0.15, 0.2) is 17.5 Å². The fraction of sp³-hybridized carbons (Fsp3) is 0.417. The number of carbonyl (C=O) groups excluding carboxylic acids is 1. The summed E-state index contributed by atoms with van der Waals surface area (Å²) < 4.78 is 19.7. The van der Waals surface area contributed by atoms with E-state index in [1.165, 1.54) is 18.6 Å². The van der Waals surface area contributed by atoms with E-state index < -0.39 is 5.82 Å². The lowest BCUT2D eigenvalue weighted by atomic mass is 10.1. The van der Waals surface area contributed by atoms with Gasteiger partial charge in [-0.3, -0.25) is 14.7 Å². The van der Waals surface area contributed by atoms with Crippen LogP contribution < -0.4 is 15.5 Å². The lowest BCUT2D eigenvalue weighted by Crippen LogP contribution is -2.37. The van der Waals surface area contributed by atoms with Gasteiger partial charge in [0.25, 0.3) is 5.91 Å². The van der Waals surface area contributed by atoms with Crippen molar-refractivity contribution >= 4 is 23.5 Å². The van der Waals surface area contributed by atoms with E-state index in [0.29, 0.717) is 56.9 Å². The van der Waals surface area contributed by atoms with Crippen molar-refractivity contribution in [1.29, 1.82) is 0 Å². The maximum Gasteiger partial charge on any atom is 0.275 e. The predicted molar refractivity (Wildman–Crippen MR) is 131 cm³/mol. The van der Waals surface area contributed by atoms with E-state index >= 15 is 0 Å². The SMILES string of the molecule is O=C(Nc1cnccn1)c1cccc(C2CCCN2CCNc2nc(N3CCOCC3)ncc2F)n1. The molecule has 12 heteroatoms. The molecule has 3 aromatic rings. The van der Waals surface area contributed by atoms with E-state index in [2.05, 4.69) is 40.5 Å². The number of pyridine rings is 1. The van der Waals surface area contributed by atoms with Crippen LogP contribution in [0.3, 0.4) is 0 Å². The third-order valence-electron chi connectivity index (χ3n) is 6.23.